The zero-order chi connectivity index (χ0) is 32.2. The molecule has 240 valence electrons. The molecule has 2 aromatic carbocycles. The van der Waals surface area contributed by atoms with Crippen LogP contribution in [0, 0.1) is 6.92 Å². The Bertz CT molecular complexity index is 1590. The minimum Gasteiger partial charge on any atom is -0.496 e. The highest BCUT2D eigenvalue weighted by Crippen LogP contribution is 2.38. The van der Waals surface area contributed by atoms with E-state index in [-0.39, 0.29) is 30.0 Å². The Hall–Kier alpha value is -3.45. The molecule has 1 fully saturated rings. The van der Waals surface area contributed by atoms with Crippen LogP contribution in [0.3, 0.4) is 0 Å². The van der Waals surface area contributed by atoms with E-state index in [1.54, 1.807) is 30.0 Å². The number of benzene rings is 2. The second kappa shape index (κ2) is 13.7. The molecule has 1 amide bonds. The van der Waals surface area contributed by atoms with Crippen molar-refractivity contribution in [1.29, 1.82) is 0 Å². The minimum absolute atomic E-state index is 0.0487. The standard InChI is InChI=1S/C32H44N4O7S/c1-7-42-24-12-15-35(27(19-24)22-8-10-23(11-9-22)30(37)34-44(39,40)17-14-33)20-26-25-13-16-36(31(38)43-32(3,4)5)29(25)21(2)18-28(26)41-6/h8-11,13,16,18,24,27H,7,12,14-15,17,19-20,33H2,1-6H3,(H,34,37)/t24-,27-/m0/s1. The summed E-state index contributed by atoms with van der Waals surface area (Å²) in [4.78, 5) is 28.0. The lowest BCUT2D eigenvalue weighted by atomic mass is 9.91. The fourth-order valence-electron chi connectivity index (χ4n) is 5.74. The molecule has 2 atom stereocenters. The average Bonchev–Trinajstić information content (AvgIpc) is 3.40. The normalized spacial score (nSPS) is 17.9. The van der Waals surface area contributed by atoms with Crippen LogP contribution in [0.1, 0.15) is 73.6 Å². The van der Waals surface area contributed by atoms with Gasteiger partial charge in [-0.25, -0.2) is 17.9 Å². The van der Waals surface area contributed by atoms with Crippen molar-refractivity contribution in [2.45, 2.75) is 71.8 Å². The van der Waals surface area contributed by atoms with Gasteiger partial charge in [-0.3, -0.25) is 14.3 Å². The first-order valence-electron chi connectivity index (χ1n) is 14.9. The molecule has 0 saturated carbocycles. The molecule has 3 N–H and O–H groups in total. The summed E-state index contributed by atoms with van der Waals surface area (Å²) in [6.07, 6.45) is 2.95. The quantitative estimate of drug-likeness (QED) is 0.332. The summed E-state index contributed by atoms with van der Waals surface area (Å²) >= 11 is 0. The third-order valence-corrected chi connectivity index (χ3v) is 8.93. The lowest BCUT2D eigenvalue weighted by molar-refractivity contribution is -0.0138. The highest BCUT2D eigenvalue weighted by atomic mass is 32.2. The fourth-order valence-corrected chi connectivity index (χ4v) is 6.56. The van der Waals surface area contributed by atoms with Crippen molar-refractivity contribution in [2.75, 3.05) is 32.6 Å². The van der Waals surface area contributed by atoms with Gasteiger partial charge in [-0.1, -0.05) is 12.1 Å². The number of hydrogen-bond acceptors (Lipinski definition) is 9. The molecule has 0 bridgehead atoms. The first kappa shape index (κ1) is 33.4. The van der Waals surface area contributed by atoms with Gasteiger partial charge >= 0.3 is 6.09 Å². The van der Waals surface area contributed by atoms with E-state index in [0.29, 0.717) is 13.2 Å². The van der Waals surface area contributed by atoms with E-state index in [4.69, 9.17) is 19.9 Å². The number of piperidine rings is 1. The van der Waals surface area contributed by atoms with Gasteiger partial charge in [-0.2, -0.15) is 0 Å². The Morgan fingerprint density at radius 2 is 1.84 bits per heavy atom. The van der Waals surface area contributed by atoms with E-state index in [2.05, 4.69) is 9.62 Å². The van der Waals surface area contributed by atoms with E-state index >= 15 is 0 Å². The highest BCUT2D eigenvalue weighted by Gasteiger charge is 2.32. The van der Waals surface area contributed by atoms with Gasteiger partial charge in [0.15, 0.2) is 0 Å². The highest BCUT2D eigenvalue weighted by molar-refractivity contribution is 7.90. The number of aryl methyl sites for hydroxylation is 1. The van der Waals surface area contributed by atoms with Gasteiger partial charge in [0, 0.05) is 55.0 Å². The van der Waals surface area contributed by atoms with Crippen LogP contribution in [0.15, 0.2) is 42.6 Å². The van der Waals surface area contributed by atoms with Crippen molar-refractivity contribution in [2.24, 2.45) is 5.73 Å². The minimum atomic E-state index is -3.80. The van der Waals surface area contributed by atoms with Crippen molar-refractivity contribution in [1.82, 2.24) is 14.2 Å². The van der Waals surface area contributed by atoms with Crippen molar-refractivity contribution in [3.05, 3.63) is 64.8 Å². The molecule has 1 aliphatic rings. The number of ether oxygens (including phenoxy) is 3. The van der Waals surface area contributed by atoms with Crippen molar-refractivity contribution >= 4 is 32.9 Å². The molecule has 1 aliphatic heterocycles. The van der Waals surface area contributed by atoms with Crippen molar-refractivity contribution < 1.29 is 32.2 Å². The molecule has 3 aromatic rings. The summed E-state index contributed by atoms with van der Waals surface area (Å²) in [7, 11) is -2.15. The molecule has 1 saturated heterocycles. The molecule has 11 nitrogen and oxygen atoms in total. The Morgan fingerprint density at radius 1 is 1.14 bits per heavy atom. The van der Waals surface area contributed by atoms with E-state index in [1.165, 1.54) is 0 Å². The molecule has 1 aromatic heterocycles. The molecule has 2 heterocycles. The Kier molecular flexibility index (Phi) is 10.4. The SMILES string of the molecule is CCO[C@H]1CCN(Cc2c(OC)cc(C)c3c2ccn3C(=O)OC(C)(C)C)[C@H](c2ccc(C(=O)NS(=O)(=O)CCN)cc2)C1. The molecule has 44 heavy (non-hydrogen) atoms. The number of sulfonamides is 1. The number of likely N-dealkylation sites (tertiary alicyclic amines) is 1. The maximum atomic E-state index is 13.1. The van der Waals surface area contributed by atoms with Crippen LogP contribution < -0.4 is 15.2 Å². The van der Waals surface area contributed by atoms with Gasteiger partial charge in [-0.15, -0.1) is 0 Å². The first-order chi connectivity index (χ1) is 20.8. The maximum absolute atomic E-state index is 13.1. The van der Waals surface area contributed by atoms with E-state index in [1.807, 2.05) is 58.9 Å². The lowest BCUT2D eigenvalue weighted by Gasteiger charge is -2.40. The number of carbonyl (C=O) groups is 2. The third-order valence-electron chi connectivity index (χ3n) is 7.66. The maximum Gasteiger partial charge on any atom is 0.419 e. The second-order valence-corrected chi connectivity index (χ2v) is 13.9. The number of fused-ring (bicyclic) bond motifs is 1. The summed E-state index contributed by atoms with van der Waals surface area (Å²) in [5, 5.41) is 0.907. The Labute approximate surface area is 259 Å². The van der Waals surface area contributed by atoms with Crippen molar-refractivity contribution in [3.63, 3.8) is 0 Å². The fraction of sp³-hybridized carbons (Fsp3) is 0.500. The predicted molar refractivity (Wildman–Crippen MR) is 169 cm³/mol. The monoisotopic (exact) mass is 628 g/mol. The van der Waals surface area contributed by atoms with Gasteiger partial charge in [0.05, 0.1) is 24.5 Å². The second-order valence-electron chi connectivity index (χ2n) is 12.1. The van der Waals surface area contributed by atoms with E-state index in [0.717, 1.165) is 52.7 Å². The number of methoxy groups -OCH3 is 1. The van der Waals surface area contributed by atoms with Gasteiger partial charge < -0.3 is 19.9 Å². The predicted octanol–water partition coefficient (Wildman–Crippen LogP) is 4.50. The third kappa shape index (κ3) is 7.79. The van der Waals surface area contributed by atoms with E-state index in [9.17, 15) is 18.0 Å². The molecular weight excluding hydrogens is 584 g/mol. The number of rotatable bonds is 10. The van der Waals surface area contributed by atoms with Crippen LogP contribution in [-0.4, -0.2) is 74.1 Å². The van der Waals surface area contributed by atoms with Gasteiger partial charge in [0.1, 0.15) is 11.4 Å². The van der Waals surface area contributed by atoms with Gasteiger partial charge in [-0.05, 0) is 82.9 Å². The number of carbonyl (C=O) groups excluding carboxylic acids is 2. The summed E-state index contributed by atoms with van der Waals surface area (Å²) in [6.45, 7) is 11.3. The number of aromatic nitrogens is 1. The topological polar surface area (TPSA) is 142 Å². The zero-order valence-corrected chi connectivity index (χ0v) is 27.2. The number of hydrogen-bond donors (Lipinski definition) is 2. The molecule has 4 rings (SSSR count). The molecule has 12 heteroatoms. The number of nitrogens with zero attached hydrogens (tertiary/aromatic N) is 2. The number of nitrogens with two attached hydrogens (primary N) is 1. The number of nitrogens with one attached hydrogen (secondary N) is 1. The zero-order valence-electron chi connectivity index (χ0n) is 26.4. The van der Waals surface area contributed by atoms with Crippen LogP contribution >= 0.6 is 0 Å². The molecule has 0 radical (unpaired) electrons. The van der Waals surface area contributed by atoms with Crippen LogP contribution in [0.25, 0.3) is 10.9 Å². The Morgan fingerprint density at radius 3 is 2.45 bits per heavy atom. The smallest absolute Gasteiger partial charge is 0.419 e. The largest absolute Gasteiger partial charge is 0.496 e. The first-order valence-corrected chi connectivity index (χ1v) is 16.5. The molecule has 0 aliphatic carbocycles. The van der Waals surface area contributed by atoms with Gasteiger partial charge in [0.2, 0.25) is 10.0 Å². The summed E-state index contributed by atoms with van der Waals surface area (Å²) in [5.74, 6) is -0.295. The Balaban J connectivity index is 1.68. The molecule has 0 unspecified atom stereocenters. The van der Waals surface area contributed by atoms with E-state index < -0.39 is 27.6 Å². The van der Waals surface area contributed by atoms with Crippen molar-refractivity contribution in [3.8, 4) is 5.75 Å². The van der Waals surface area contributed by atoms with Gasteiger partial charge in [0.25, 0.3) is 5.91 Å². The molecular formula is C32H44N4O7S. The lowest BCUT2D eigenvalue weighted by Crippen LogP contribution is -2.39. The summed E-state index contributed by atoms with van der Waals surface area (Å²) < 4.78 is 45.2. The summed E-state index contributed by atoms with van der Waals surface area (Å²) in [5.41, 5.74) is 8.55. The average molecular weight is 629 g/mol. The van der Waals surface area contributed by atoms with Crippen LogP contribution in [-0.2, 0) is 26.0 Å². The summed E-state index contributed by atoms with van der Waals surface area (Å²) in [6, 6.07) is 10.8. The van der Waals surface area contributed by atoms with Crippen LogP contribution in [0.5, 0.6) is 5.75 Å². The van der Waals surface area contributed by atoms with Crippen LogP contribution in [0.4, 0.5) is 4.79 Å². The molecule has 0 spiro atoms. The number of amides is 1. The van der Waals surface area contributed by atoms with Crippen LogP contribution in [0.2, 0.25) is 0 Å².